The minimum atomic E-state index is -4.62. The highest BCUT2D eigenvalue weighted by Gasteiger charge is 2.45. The van der Waals surface area contributed by atoms with E-state index < -0.39 is 23.1 Å². The maximum atomic E-state index is 14.7. The Bertz CT molecular complexity index is 1670. The van der Waals surface area contributed by atoms with Crippen molar-refractivity contribution in [1.82, 2.24) is 29.5 Å². The molecule has 3 fully saturated rings. The lowest BCUT2D eigenvalue weighted by Gasteiger charge is -2.42. The number of aryl methyl sites for hydroxylation is 1. The molecule has 1 amide bonds. The number of likely N-dealkylation sites (N-methyl/N-ethyl adjacent to an activating group) is 1. The molecule has 13 heteroatoms. The number of nitrogens with zero attached hydrogens (tertiary/aromatic N) is 7. The molecule has 48 heavy (non-hydrogen) atoms. The number of aromatic nitrogens is 4. The number of pyridine rings is 1. The number of rotatable bonds is 9. The highest BCUT2D eigenvalue weighted by molar-refractivity contribution is 6.10. The Hall–Kier alpha value is -3.55. The summed E-state index contributed by atoms with van der Waals surface area (Å²) in [5.74, 6) is 1.27. The second kappa shape index (κ2) is 12.7. The molecule has 1 aliphatic carbocycles. The molecule has 3 aliphatic heterocycles. The summed E-state index contributed by atoms with van der Waals surface area (Å²) in [5.41, 5.74) is 0.188. The van der Waals surface area contributed by atoms with Crippen LogP contribution in [0.5, 0.6) is 5.88 Å². The monoisotopic (exact) mass is 667 g/mol. The molecular formula is C35H44F3N7O3. The first-order valence-electron chi connectivity index (χ1n) is 17.0. The Morgan fingerprint density at radius 1 is 1.08 bits per heavy atom. The molecule has 3 aromatic rings. The molecule has 10 nitrogen and oxygen atoms in total. The van der Waals surface area contributed by atoms with Crippen molar-refractivity contribution in [1.29, 1.82) is 0 Å². The van der Waals surface area contributed by atoms with E-state index in [0.29, 0.717) is 43.5 Å². The van der Waals surface area contributed by atoms with Gasteiger partial charge < -0.3 is 18.9 Å². The highest BCUT2D eigenvalue weighted by Crippen LogP contribution is 2.43. The topological polar surface area (TPSA) is 88.8 Å². The average Bonchev–Trinajstić information content (AvgIpc) is 3.76. The molecule has 258 valence electrons. The van der Waals surface area contributed by atoms with E-state index in [0.717, 1.165) is 56.7 Å². The number of halogens is 3. The summed E-state index contributed by atoms with van der Waals surface area (Å²) in [6.45, 7) is 7.68. The molecule has 4 aliphatic rings. The van der Waals surface area contributed by atoms with Gasteiger partial charge >= 0.3 is 6.18 Å². The number of hydrogen-bond donors (Lipinski definition) is 0. The number of benzene rings is 1. The van der Waals surface area contributed by atoms with Crippen molar-refractivity contribution in [3.63, 3.8) is 0 Å². The third kappa shape index (κ3) is 6.32. The van der Waals surface area contributed by atoms with Crippen LogP contribution in [0.2, 0.25) is 0 Å². The Kier molecular flexibility index (Phi) is 8.74. The van der Waals surface area contributed by atoms with Crippen LogP contribution in [-0.2, 0) is 42.9 Å². The minimum Gasteiger partial charge on any atom is -0.474 e. The molecule has 0 unspecified atom stereocenters. The van der Waals surface area contributed by atoms with Crippen molar-refractivity contribution >= 4 is 11.7 Å². The Balaban J connectivity index is 1.25. The number of amides is 1. The van der Waals surface area contributed by atoms with Gasteiger partial charge in [-0.25, -0.2) is 0 Å². The van der Waals surface area contributed by atoms with E-state index in [2.05, 4.69) is 40.9 Å². The molecule has 0 bridgehead atoms. The Morgan fingerprint density at radius 2 is 1.85 bits per heavy atom. The van der Waals surface area contributed by atoms with Crippen molar-refractivity contribution in [2.24, 2.45) is 13.0 Å². The van der Waals surface area contributed by atoms with Crippen LogP contribution in [0.4, 0.5) is 19.0 Å². The lowest BCUT2D eigenvalue weighted by molar-refractivity contribution is -0.138. The normalized spacial score (nSPS) is 22.0. The van der Waals surface area contributed by atoms with E-state index in [1.165, 1.54) is 11.0 Å². The number of carbonyl (C=O) groups excluding carboxylic acids is 1. The predicted molar refractivity (Wildman–Crippen MR) is 173 cm³/mol. The van der Waals surface area contributed by atoms with Crippen LogP contribution in [-0.4, -0.2) is 87.5 Å². The highest BCUT2D eigenvalue weighted by atomic mass is 19.4. The van der Waals surface area contributed by atoms with Gasteiger partial charge in [0, 0.05) is 62.7 Å². The first-order valence-corrected chi connectivity index (χ1v) is 17.0. The SMILES string of the molecule is CC(C)[C@H]1CN(C)CCN1Cc1cc2c(c(C(F)(F)F)c1)CN(c1cc(C3(Cc4nncn4C)COC3)cc(OC3CCCC3)n1)C2=O. The lowest BCUT2D eigenvalue weighted by Crippen LogP contribution is -2.53. The quantitative estimate of drug-likeness (QED) is 0.316. The van der Waals surface area contributed by atoms with Gasteiger partial charge in [0.1, 0.15) is 24.1 Å². The van der Waals surface area contributed by atoms with Gasteiger partial charge in [-0.2, -0.15) is 18.2 Å². The maximum absolute atomic E-state index is 14.7. The van der Waals surface area contributed by atoms with Crippen molar-refractivity contribution < 1.29 is 27.4 Å². The molecule has 2 aromatic heterocycles. The van der Waals surface area contributed by atoms with Gasteiger partial charge in [0.15, 0.2) is 0 Å². The molecule has 0 spiro atoms. The van der Waals surface area contributed by atoms with Crippen molar-refractivity contribution in [2.45, 2.75) is 82.8 Å². The smallest absolute Gasteiger partial charge is 0.416 e. The van der Waals surface area contributed by atoms with E-state index >= 15 is 0 Å². The number of alkyl halides is 3. The summed E-state index contributed by atoms with van der Waals surface area (Å²) in [6, 6.07) is 6.82. The van der Waals surface area contributed by atoms with Crippen molar-refractivity contribution in [2.75, 3.05) is 44.8 Å². The standard InChI is InChI=1S/C35H44F3N7O3/c1-22(2)29-18-42(3)9-10-44(29)16-23-11-26-27(28(12-23)35(36,37)38)17-45(33(26)46)30-13-24(14-32(40-30)48-25-7-5-6-8-25)34(19-47-20-34)15-31-41-39-21-43(31)4/h11-14,21-22,25,29H,5-10,15-20H2,1-4H3/t29-/m1/s1. The van der Waals surface area contributed by atoms with E-state index in [1.807, 2.05) is 23.7 Å². The second-order valence-corrected chi connectivity index (χ2v) is 14.5. The number of hydrogen-bond acceptors (Lipinski definition) is 8. The molecule has 1 aromatic carbocycles. The van der Waals surface area contributed by atoms with Crippen LogP contribution in [0.3, 0.4) is 0 Å². The van der Waals surface area contributed by atoms with Gasteiger partial charge in [-0.05, 0) is 73.5 Å². The number of ether oxygens (including phenoxy) is 2. The molecule has 0 radical (unpaired) electrons. The summed E-state index contributed by atoms with van der Waals surface area (Å²) in [7, 11) is 3.95. The number of piperazine rings is 1. The van der Waals surface area contributed by atoms with Crippen LogP contribution >= 0.6 is 0 Å². The van der Waals surface area contributed by atoms with Gasteiger partial charge in [-0.15, -0.1) is 10.2 Å². The van der Waals surface area contributed by atoms with E-state index in [1.54, 1.807) is 12.4 Å². The molecule has 0 N–H and O–H groups in total. The van der Waals surface area contributed by atoms with Crippen LogP contribution in [0, 0.1) is 5.92 Å². The van der Waals surface area contributed by atoms with Crippen LogP contribution in [0.25, 0.3) is 0 Å². The van der Waals surface area contributed by atoms with E-state index in [-0.39, 0.29) is 35.6 Å². The first kappa shape index (κ1) is 33.0. The summed E-state index contributed by atoms with van der Waals surface area (Å²) in [6.07, 6.45) is 1.51. The third-order valence-electron chi connectivity index (χ3n) is 10.6. The lowest BCUT2D eigenvalue weighted by atomic mass is 9.75. The van der Waals surface area contributed by atoms with E-state index in [4.69, 9.17) is 14.5 Å². The van der Waals surface area contributed by atoms with Crippen LogP contribution in [0.1, 0.15) is 78.0 Å². The molecule has 1 saturated carbocycles. The molecule has 5 heterocycles. The van der Waals surface area contributed by atoms with Crippen molar-refractivity contribution in [3.8, 4) is 5.88 Å². The zero-order valence-electron chi connectivity index (χ0n) is 28.1. The van der Waals surface area contributed by atoms with Crippen molar-refractivity contribution in [3.05, 3.63) is 64.2 Å². The fourth-order valence-corrected chi connectivity index (χ4v) is 7.71. The summed E-state index contributed by atoms with van der Waals surface area (Å²) < 4.78 is 58.0. The Labute approximate surface area is 279 Å². The van der Waals surface area contributed by atoms with Gasteiger partial charge in [0.05, 0.1) is 25.3 Å². The largest absolute Gasteiger partial charge is 0.474 e. The van der Waals surface area contributed by atoms with Crippen LogP contribution < -0.4 is 9.64 Å². The number of carbonyl (C=O) groups is 1. The Morgan fingerprint density at radius 3 is 2.50 bits per heavy atom. The first-order chi connectivity index (χ1) is 22.9. The summed E-state index contributed by atoms with van der Waals surface area (Å²) in [4.78, 5) is 24.8. The van der Waals surface area contributed by atoms with Crippen LogP contribution in [0.15, 0.2) is 30.6 Å². The van der Waals surface area contributed by atoms with E-state index in [9.17, 15) is 18.0 Å². The summed E-state index contributed by atoms with van der Waals surface area (Å²) >= 11 is 0. The molecule has 1 atom stereocenters. The fourth-order valence-electron chi connectivity index (χ4n) is 7.71. The van der Waals surface area contributed by atoms with Gasteiger partial charge in [-0.1, -0.05) is 13.8 Å². The fraction of sp³-hybridized carbons (Fsp3) is 0.600. The number of anilines is 1. The zero-order chi connectivity index (χ0) is 33.8. The molecular weight excluding hydrogens is 623 g/mol. The summed E-state index contributed by atoms with van der Waals surface area (Å²) in [5, 5.41) is 8.32. The molecule has 7 rings (SSSR count). The maximum Gasteiger partial charge on any atom is 0.416 e. The average molecular weight is 668 g/mol. The van der Waals surface area contributed by atoms with Gasteiger partial charge in [0.2, 0.25) is 5.88 Å². The number of fused-ring (bicyclic) bond motifs is 1. The van der Waals surface area contributed by atoms with Gasteiger partial charge in [-0.3, -0.25) is 14.6 Å². The van der Waals surface area contributed by atoms with Gasteiger partial charge in [0.25, 0.3) is 5.91 Å². The zero-order valence-corrected chi connectivity index (χ0v) is 28.1. The molecule has 2 saturated heterocycles. The minimum absolute atomic E-state index is 0.00281. The second-order valence-electron chi connectivity index (χ2n) is 14.5. The third-order valence-corrected chi connectivity index (χ3v) is 10.6. The predicted octanol–water partition coefficient (Wildman–Crippen LogP) is 4.99.